The molecule has 0 unspecified atom stereocenters. The van der Waals surface area contributed by atoms with Crippen LogP contribution in [0.5, 0.6) is 0 Å². The van der Waals surface area contributed by atoms with Crippen molar-refractivity contribution in [3.8, 4) is 0 Å². The molecule has 0 saturated carbocycles. The van der Waals surface area contributed by atoms with Gasteiger partial charge in [-0.1, -0.05) is 0 Å². The largest absolute Gasteiger partial charge is 0.416 e. The highest BCUT2D eigenvalue weighted by Crippen LogP contribution is 2.35. The zero-order valence-corrected chi connectivity index (χ0v) is 10.6. The molecule has 0 aliphatic rings. The van der Waals surface area contributed by atoms with Gasteiger partial charge in [0.25, 0.3) is 5.69 Å². The van der Waals surface area contributed by atoms with E-state index in [0.717, 1.165) is 17.7 Å². The second-order valence-electron chi connectivity index (χ2n) is 4.20. The van der Waals surface area contributed by atoms with E-state index in [4.69, 9.17) is 0 Å². The van der Waals surface area contributed by atoms with Crippen LogP contribution in [0.25, 0.3) is 0 Å². The number of pyridine rings is 1. The van der Waals surface area contributed by atoms with Gasteiger partial charge in [0.1, 0.15) is 5.69 Å². The molecular weight excluding hydrogens is 287 g/mol. The van der Waals surface area contributed by atoms with Gasteiger partial charge in [-0.25, -0.2) is 0 Å². The molecule has 0 saturated heterocycles. The van der Waals surface area contributed by atoms with E-state index >= 15 is 0 Å². The first-order chi connectivity index (χ1) is 9.88. The lowest BCUT2D eigenvalue weighted by molar-refractivity contribution is -0.384. The topological polar surface area (TPSA) is 68.1 Å². The van der Waals surface area contributed by atoms with Crippen molar-refractivity contribution in [2.24, 2.45) is 0 Å². The molecule has 5 nitrogen and oxygen atoms in total. The van der Waals surface area contributed by atoms with E-state index in [1.807, 2.05) is 0 Å². The summed E-state index contributed by atoms with van der Waals surface area (Å²) in [6, 6.07) is 5.78. The lowest BCUT2D eigenvalue weighted by Crippen LogP contribution is -2.08. The number of anilines is 1. The van der Waals surface area contributed by atoms with E-state index < -0.39 is 22.4 Å². The van der Waals surface area contributed by atoms with Gasteiger partial charge in [-0.3, -0.25) is 15.1 Å². The summed E-state index contributed by atoms with van der Waals surface area (Å²) in [5, 5.41) is 13.7. The summed E-state index contributed by atoms with van der Waals surface area (Å²) in [5.74, 6) is 0. The van der Waals surface area contributed by atoms with E-state index in [1.54, 1.807) is 24.5 Å². The first-order valence-electron chi connectivity index (χ1n) is 5.86. The summed E-state index contributed by atoms with van der Waals surface area (Å²) in [6.07, 6.45) is -1.51. The van der Waals surface area contributed by atoms with Gasteiger partial charge in [-0.05, 0) is 29.8 Å². The van der Waals surface area contributed by atoms with Crippen LogP contribution in [0.3, 0.4) is 0 Å². The average molecular weight is 297 g/mol. The van der Waals surface area contributed by atoms with E-state index in [0.29, 0.717) is 6.07 Å². The lowest BCUT2D eigenvalue weighted by atomic mass is 10.1. The zero-order chi connectivity index (χ0) is 15.5. The summed E-state index contributed by atoms with van der Waals surface area (Å²) >= 11 is 0. The van der Waals surface area contributed by atoms with Gasteiger partial charge in [-0.2, -0.15) is 13.2 Å². The monoisotopic (exact) mass is 297 g/mol. The fourth-order valence-electron chi connectivity index (χ4n) is 1.71. The molecule has 1 N–H and O–H groups in total. The Bertz CT molecular complexity index is 645. The number of nitro benzene ring substituents is 1. The standard InChI is InChI=1S/C13H10F3N3O2/c14-13(15,16)10-1-2-11(12(7-10)19(20)21)18-8-9-3-5-17-6-4-9/h1-7,18H,8H2. The van der Waals surface area contributed by atoms with Crippen LogP contribution >= 0.6 is 0 Å². The van der Waals surface area contributed by atoms with Gasteiger partial charge < -0.3 is 5.32 Å². The molecule has 0 bridgehead atoms. The fraction of sp³-hybridized carbons (Fsp3) is 0.154. The molecule has 2 rings (SSSR count). The van der Waals surface area contributed by atoms with Gasteiger partial charge in [0, 0.05) is 25.0 Å². The lowest BCUT2D eigenvalue weighted by Gasteiger charge is -2.10. The van der Waals surface area contributed by atoms with Crippen LogP contribution < -0.4 is 5.32 Å². The Morgan fingerprint density at radius 1 is 1.19 bits per heavy atom. The molecule has 0 radical (unpaired) electrons. The molecule has 8 heteroatoms. The van der Waals surface area contributed by atoms with Crippen LogP contribution in [-0.2, 0) is 12.7 Å². The maximum absolute atomic E-state index is 12.6. The molecule has 1 aromatic carbocycles. The number of aromatic nitrogens is 1. The molecule has 0 atom stereocenters. The molecule has 0 spiro atoms. The fourth-order valence-corrected chi connectivity index (χ4v) is 1.71. The number of rotatable bonds is 4. The molecule has 0 fully saturated rings. The molecule has 1 aromatic heterocycles. The number of alkyl halides is 3. The van der Waals surface area contributed by atoms with Crippen molar-refractivity contribution < 1.29 is 18.1 Å². The molecule has 0 amide bonds. The first kappa shape index (κ1) is 14.8. The number of nitrogens with zero attached hydrogens (tertiary/aromatic N) is 2. The summed E-state index contributed by atoms with van der Waals surface area (Å²) in [6.45, 7) is 0.245. The number of hydrogen-bond donors (Lipinski definition) is 1. The maximum Gasteiger partial charge on any atom is 0.416 e. The highest BCUT2D eigenvalue weighted by Gasteiger charge is 2.32. The Kier molecular flexibility index (Phi) is 4.06. The predicted octanol–water partition coefficient (Wildman–Crippen LogP) is 3.62. The zero-order valence-electron chi connectivity index (χ0n) is 10.6. The quantitative estimate of drug-likeness (QED) is 0.691. The molecule has 1 heterocycles. The predicted molar refractivity (Wildman–Crippen MR) is 69.7 cm³/mol. The Balaban J connectivity index is 2.25. The smallest absolute Gasteiger partial charge is 0.375 e. The molecule has 0 aliphatic heterocycles. The van der Waals surface area contributed by atoms with Crippen molar-refractivity contribution in [2.75, 3.05) is 5.32 Å². The van der Waals surface area contributed by atoms with Crippen molar-refractivity contribution in [3.63, 3.8) is 0 Å². The van der Waals surface area contributed by atoms with Crippen LogP contribution in [0.2, 0.25) is 0 Å². The summed E-state index contributed by atoms with van der Waals surface area (Å²) in [5.41, 5.74) is -0.827. The van der Waals surface area contributed by atoms with Crippen molar-refractivity contribution >= 4 is 11.4 Å². The second kappa shape index (κ2) is 5.78. The Labute approximate surface area is 117 Å². The number of nitrogens with one attached hydrogen (secondary N) is 1. The van der Waals surface area contributed by atoms with E-state index in [-0.39, 0.29) is 12.2 Å². The van der Waals surface area contributed by atoms with Gasteiger partial charge in [-0.15, -0.1) is 0 Å². The Morgan fingerprint density at radius 2 is 1.86 bits per heavy atom. The van der Waals surface area contributed by atoms with Gasteiger partial charge in [0.15, 0.2) is 0 Å². The van der Waals surface area contributed by atoms with Crippen molar-refractivity contribution in [2.45, 2.75) is 12.7 Å². The highest BCUT2D eigenvalue weighted by atomic mass is 19.4. The maximum atomic E-state index is 12.6. The molecule has 110 valence electrons. The van der Waals surface area contributed by atoms with Gasteiger partial charge in [0.2, 0.25) is 0 Å². The van der Waals surface area contributed by atoms with Crippen LogP contribution in [0.4, 0.5) is 24.5 Å². The van der Waals surface area contributed by atoms with Gasteiger partial charge >= 0.3 is 6.18 Å². The van der Waals surface area contributed by atoms with Crippen LogP contribution in [0, 0.1) is 10.1 Å². The van der Waals surface area contributed by atoms with Crippen molar-refractivity contribution in [1.82, 2.24) is 4.98 Å². The van der Waals surface area contributed by atoms with Crippen molar-refractivity contribution in [1.29, 1.82) is 0 Å². The molecule has 2 aromatic rings. The normalized spacial score (nSPS) is 11.2. The van der Waals surface area contributed by atoms with E-state index in [9.17, 15) is 23.3 Å². The van der Waals surface area contributed by atoms with E-state index in [1.165, 1.54) is 0 Å². The number of hydrogen-bond acceptors (Lipinski definition) is 4. The Morgan fingerprint density at radius 3 is 2.43 bits per heavy atom. The Hall–Kier alpha value is -2.64. The highest BCUT2D eigenvalue weighted by molar-refractivity contribution is 5.63. The number of halogens is 3. The van der Waals surface area contributed by atoms with Crippen LogP contribution in [0.15, 0.2) is 42.7 Å². The van der Waals surface area contributed by atoms with Crippen LogP contribution in [-0.4, -0.2) is 9.91 Å². The minimum Gasteiger partial charge on any atom is -0.375 e. The van der Waals surface area contributed by atoms with E-state index in [2.05, 4.69) is 10.3 Å². The summed E-state index contributed by atoms with van der Waals surface area (Å²) in [7, 11) is 0. The second-order valence-corrected chi connectivity index (χ2v) is 4.20. The number of benzene rings is 1. The van der Waals surface area contributed by atoms with Crippen molar-refractivity contribution in [3.05, 3.63) is 64.0 Å². The summed E-state index contributed by atoms with van der Waals surface area (Å²) < 4.78 is 37.7. The third-order valence-electron chi connectivity index (χ3n) is 2.75. The first-order valence-corrected chi connectivity index (χ1v) is 5.86. The third kappa shape index (κ3) is 3.68. The molecule has 21 heavy (non-hydrogen) atoms. The van der Waals surface area contributed by atoms with Gasteiger partial charge in [0.05, 0.1) is 10.5 Å². The third-order valence-corrected chi connectivity index (χ3v) is 2.75. The average Bonchev–Trinajstić information content (AvgIpc) is 2.45. The molecule has 0 aliphatic carbocycles. The SMILES string of the molecule is O=[N+]([O-])c1cc(C(F)(F)F)ccc1NCc1ccncc1. The molecular formula is C13H10F3N3O2. The minimum atomic E-state index is -4.62. The van der Waals surface area contributed by atoms with Crippen LogP contribution in [0.1, 0.15) is 11.1 Å². The minimum absolute atomic E-state index is 0.0322. The summed E-state index contributed by atoms with van der Waals surface area (Å²) in [4.78, 5) is 13.9. The number of nitro groups is 1.